The summed E-state index contributed by atoms with van der Waals surface area (Å²) < 4.78 is 13.8. The molecule has 2 rings (SSSR count). The Kier molecular flexibility index (Phi) is 5.37. The molecule has 0 radical (unpaired) electrons. The van der Waals surface area contributed by atoms with Crippen LogP contribution in [0.1, 0.15) is 37.7 Å². The lowest BCUT2D eigenvalue weighted by Gasteiger charge is -2.21. The molecule has 1 aliphatic rings. The molecule has 0 bridgehead atoms. The third kappa shape index (κ3) is 4.03. The lowest BCUT2D eigenvalue weighted by Crippen LogP contribution is -2.37. The maximum absolute atomic E-state index is 13.8. The Hall–Kier alpha value is -0.900. The van der Waals surface area contributed by atoms with Crippen molar-refractivity contribution < 1.29 is 4.39 Å². The molecule has 19 heavy (non-hydrogen) atoms. The van der Waals surface area contributed by atoms with Gasteiger partial charge in [0.25, 0.3) is 0 Å². The van der Waals surface area contributed by atoms with E-state index in [0.29, 0.717) is 17.0 Å². The third-order valence-corrected chi connectivity index (χ3v) is 4.00. The van der Waals surface area contributed by atoms with Gasteiger partial charge in [0.1, 0.15) is 5.82 Å². The SMILES string of the molecule is NNC(CC1=CCCCC1)Cc1c(F)cccc1Cl. The predicted molar refractivity (Wildman–Crippen MR) is 77.4 cm³/mol. The van der Waals surface area contributed by atoms with Crippen LogP contribution in [-0.2, 0) is 6.42 Å². The van der Waals surface area contributed by atoms with Crippen LogP contribution >= 0.6 is 11.6 Å². The Balaban J connectivity index is 2.04. The van der Waals surface area contributed by atoms with Gasteiger partial charge in [-0.25, -0.2) is 4.39 Å². The van der Waals surface area contributed by atoms with Gasteiger partial charge >= 0.3 is 0 Å². The van der Waals surface area contributed by atoms with Crippen molar-refractivity contribution in [3.63, 3.8) is 0 Å². The van der Waals surface area contributed by atoms with E-state index in [1.807, 2.05) is 0 Å². The second kappa shape index (κ2) is 7.04. The summed E-state index contributed by atoms with van der Waals surface area (Å²) in [6, 6.07) is 4.80. The van der Waals surface area contributed by atoms with E-state index < -0.39 is 0 Å². The van der Waals surface area contributed by atoms with E-state index in [1.54, 1.807) is 12.1 Å². The molecule has 1 unspecified atom stereocenters. The molecule has 3 N–H and O–H groups in total. The Morgan fingerprint density at radius 2 is 2.16 bits per heavy atom. The van der Waals surface area contributed by atoms with Crippen molar-refractivity contribution in [2.24, 2.45) is 5.84 Å². The zero-order valence-corrected chi connectivity index (χ0v) is 11.7. The number of hydrogen-bond acceptors (Lipinski definition) is 2. The Morgan fingerprint density at radius 1 is 1.32 bits per heavy atom. The number of halogens is 2. The molecule has 104 valence electrons. The van der Waals surface area contributed by atoms with Crippen molar-refractivity contribution in [3.05, 3.63) is 46.3 Å². The summed E-state index contributed by atoms with van der Waals surface area (Å²) in [6.07, 6.45) is 8.44. The zero-order chi connectivity index (χ0) is 13.7. The maximum atomic E-state index is 13.8. The minimum Gasteiger partial charge on any atom is -0.271 e. The highest BCUT2D eigenvalue weighted by Gasteiger charge is 2.16. The van der Waals surface area contributed by atoms with E-state index in [2.05, 4.69) is 11.5 Å². The number of nitrogens with two attached hydrogens (primary N) is 1. The summed E-state index contributed by atoms with van der Waals surface area (Å²) in [7, 11) is 0. The zero-order valence-electron chi connectivity index (χ0n) is 11.0. The molecule has 0 fully saturated rings. The monoisotopic (exact) mass is 282 g/mol. The Labute approximate surface area is 118 Å². The van der Waals surface area contributed by atoms with Crippen molar-refractivity contribution in [2.45, 2.75) is 44.6 Å². The smallest absolute Gasteiger partial charge is 0.127 e. The van der Waals surface area contributed by atoms with Crippen molar-refractivity contribution in [1.29, 1.82) is 0 Å². The van der Waals surface area contributed by atoms with Gasteiger partial charge < -0.3 is 0 Å². The van der Waals surface area contributed by atoms with Gasteiger partial charge in [0.2, 0.25) is 0 Å². The van der Waals surface area contributed by atoms with Crippen LogP contribution in [0.25, 0.3) is 0 Å². The minimum atomic E-state index is -0.259. The summed E-state index contributed by atoms with van der Waals surface area (Å²) in [5.41, 5.74) is 4.75. The Morgan fingerprint density at radius 3 is 2.79 bits per heavy atom. The van der Waals surface area contributed by atoms with E-state index in [4.69, 9.17) is 17.4 Å². The summed E-state index contributed by atoms with van der Waals surface area (Å²) in [4.78, 5) is 0. The van der Waals surface area contributed by atoms with Crippen molar-refractivity contribution in [3.8, 4) is 0 Å². The largest absolute Gasteiger partial charge is 0.271 e. The molecule has 0 aromatic heterocycles. The highest BCUT2D eigenvalue weighted by Crippen LogP contribution is 2.25. The van der Waals surface area contributed by atoms with Gasteiger partial charge in [0.15, 0.2) is 0 Å². The van der Waals surface area contributed by atoms with Gasteiger partial charge in [-0.2, -0.15) is 0 Å². The number of allylic oxidation sites excluding steroid dienone is 1. The molecule has 0 heterocycles. The van der Waals surface area contributed by atoms with Gasteiger partial charge in [-0.1, -0.05) is 29.3 Å². The number of hydrogen-bond donors (Lipinski definition) is 2. The summed E-state index contributed by atoms with van der Waals surface area (Å²) in [5.74, 6) is 5.34. The predicted octanol–water partition coefficient (Wildman–Crippen LogP) is 3.74. The minimum absolute atomic E-state index is 0.0266. The van der Waals surface area contributed by atoms with Crippen molar-refractivity contribution >= 4 is 11.6 Å². The average molecular weight is 283 g/mol. The number of rotatable bonds is 5. The number of hydrazine groups is 1. The molecule has 0 saturated heterocycles. The van der Waals surface area contributed by atoms with Crippen molar-refractivity contribution in [2.75, 3.05) is 0 Å². The first-order valence-electron chi connectivity index (χ1n) is 6.77. The lowest BCUT2D eigenvalue weighted by molar-refractivity contribution is 0.492. The van der Waals surface area contributed by atoms with E-state index in [-0.39, 0.29) is 11.9 Å². The molecule has 4 heteroatoms. The molecule has 0 saturated carbocycles. The molecule has 1 aromatic carbocycles. The van der Waals surface area contributed by atoms with Gasteiger partial charge in [-0.15, -0.1) is 0 Å². The standard InChI is InChI=1S/C15H20ClFN2/c16-14-7-4-8-15(17)13(14)10-12(19-18)9-11-5-2-1-3-6-11/h4-5,7-8,12,19H,1-3,6,9-10,18H2. The van der Waals surface area contributed by atoms with Crippen LogP contribution < -0.4 is 11.3 Å². The van der Waals surface area contributed by atoms with Gasteiger partial charge in [-0.3, -0.25) is 11.3 Å². The molecular formula is C15H20ClFN2. The second-order valence-corrected chi connectivity index (χ2v) is 5.49. The fourth-order valence-corrected chi connectivity index (χ4v) is 2.81. The van der Waals surface area contributed by atoms with E-state index in [9.17, 15) is 4.39 Å². The second-order valence-electron chi connectivity index (χ2n) is 5.08. The molecule has 0 amide bonds. The first-order chi connectivity index (χ1) is 9.20. The van der Waals surface area contributed by atoms with Crippen LogP contribution in [0.3, 0.4) is 0 Å². The lowest BCUT2D eigenvalue weighted by atomic mass is 9.92. The fraction of sp³-hybridized carbons (Fsp3) is 0.467. The molecule has 1 atom stereocenters. The molecule has 1 aromatic rings. The molecular weight excluding hydrogens is 263 g/mol. The van der Waals surface area contributed by atoms with Crippen LogP contribution in [-0.4, -0.2) is 6.04 Å². The van der Waals surface area contributed by atoms with Crippen LogP contribution in [0.5, 0.6) is 0 Å². The number of nitrogens with one attached hydrogen (secondary N) is 1. The number of benzene rings is 1. The first kappa shape index (κ1) is 14.5. The molecule has 0 spiro atoms. The average Bonchev–Trinajstić information content (AvgIpc) is 2.43. The van der Waals surface area contributed by atoms with Crippen LogP contribution in [0, 0.1) is 5.82 Å². The van der Waals surface area contributed by atoms with Crippen LogP contribution in [0.4, 0.5) is 4.39 Å². The quantitative estimate of drug-likeness (QED) is 0.490. The van der Waals surface area contributed by atoms with Crippen molar-refractivity contribution in [1.82, 2.24) is 5.43 Å². The van der Waals surface area contributed by atoms with Gasteiger partial charge in [-0.05, 0) is 50.7 Å². The van der Waals surface area contributed by atoms with E-state index in [1.165, 1.54) is 24.5 Å². The third-order valence-electron chi connectivity index (χ3n) is 3.64. The van der Waals surface area contributed by atoms with E-state index >= 15 is 0 Å². The van der Waals surface area contributed by atoms with Gasteiger partial charge in [0.05, 0.1) is 0 Å². The summed E-state index contributed by atoms with van der Waals surface area (Å²) in [5, 5.41) is 0.470. The highest BCUT2D eigenvalue weighted by atomic mass is 35.5. The highest BCUT2D eigenvalue weighted by molar-refractivity contribution is 6.31. The summed E-state index contributed by atoms with van der Waals surface area (Å²) >= 11 is 6.05. The van der Waals surface area contributed by atoms with Crippen LogP contribution in [0.15, 0.2) is 29.8 Å². The van der Waals surface area contributed by atoms with E-state index in [0.717, 1.165) is 19.3 Å². The van der Waals surface area contributed by atoms with Crippen LogP contribution in [0.2, 0.25) is 5.02 Å². The molecule has 0 aliphatic heterocycles. The van der Waals surface area contributed by atoms with Gasteiger partial charge in [0, 0.05) is 16.6 Å². The molecule has 2 nitrogen and oxygen atoms in total. The first-order valence-corrected chi connectivity index (χ1v) is 7.15. The normalized spacial score (nSPS) is 17.1. The molecule has 1 aliphatic carbocycles. The topological polar surface area (TPSA) is 38.0 Å². The maximum Gasteiger partial charge on any atom is 0.127 e. The Bertz CT molecular complexity index is 439. The fourth-order valence-electron chi connectivity index (χ4n) is 2.57. The summed E-state index contributed by atoms with van der Waals surface area (Å²) in [6.45, 7) is 0.